The van der Waals surface area contributed by atoms with Gasteiger partial charge < -0.3 is 9.47 Å². The molecule has 0 radical (unpaired) electrons. The molecule has 1 aromatic rings. The summed E-state index contributed by atoms with van der Waals surface area (Å²) in [6.07, 6.45) is 2.58. The second-order valence-electron chi connectivity index (χ2n) is 4.35. The molecule has 1 fully saturated rings. The molecule has 0 aromatic carbocycles. The molecule has 2 heterocycles. The van der Waals surface area contributed by atoms with E-state index in [9.17, 15) is 8.42 Å². The minimum absolute atomic E-state index is 0.573. The molecule has 2 rings (SSSR count). The molecule has 19 heavy (non-hydrogen) atoms. The van der Waals surface area contributed by atoms with Gasteiger partial charge in [-0.2, -0.15) is 13.1 Å². The van der Waals surface area contributed by atoms with Crippen LogP contribution in [0.3, 0.4) is 0 Å². The van der Waals surface area contributed by atoms with E-state index in [0.29, 0.717) is 5.56 Å². The fraction of sp³-hybridized carbons (Fsp3) is 0.600. The van der Waals surface area contributed by atoms with E-state index in [0.717, 1.165) is 0 Å². The molecular weight excluding hydrogens is 274 g/mol. The van der Waals surface area contributed by atoms with Crippen molar-refractivity contribution >= 4 is 10.3 Å². The second-order valence-corrected chi connectivity index (χ2v) is 5.86. The molecule has 1 aromatic heterocycles. The molecule has 8 nitrogen and oxygen atoms in total. The molecule has 1 aliphatic rings. The molecule has 0 spiro atoms. The van der Waals surface area contributed by atoms with Crippen LogP contribution >= 0.6 is 0 Å². The zero-order valence-electron chi connectivity index (χ0n) is 10.7. The van der Waals surface area contributed by atoms with Crippen LogP contribution in [0.15, 0.2) is 18.7 Å². The van der Waals surface area contributed by atoms with Gasteiger partial charge in [-0.1, -0.05) is 0 Å². The van der Waals surface area contributed by atoms with Gasteiger partial charge in [0.2, 0.25) is 6.29 Å². The van der Waals surface area contributed by atoms with Gasteiger partial charge in [0.1, 0.15) is 12.4 Å². The van der Waals surface area contributed by atoms with Crippen molar-refractivity contribution in [1.29, 1.82) is 0 Å². The Hall–Kier alpha value is -1.13. The number of nitrogens with one attached hydrogen (secondary N) is 1. The molecule has 1 N–H and O–H groups in total. The fourth-order valence-electron chi connectivity index (χ4n) is 1.66. The van der Waals surface area contributed by atoms with Crippen molar-refractivity contribution in [3.63, 3.8) is 0 Å². The summed E-state index contributed by atoms with van der Waals surface area (Å²) >= 11 is 0. The van der Waals surface area contributed by atoms with Crippen LogP contribution in [-0.4, -0.2) is 37.5 Å². The Morgan fingerprint density at radius 3 is 2.53 bits per heavy atom. The number of hydrogen-bond donors (Lipinski definition) is 1. The van der Waals surface area contributed by atoms with Crippen LogP contribution in [0.1, 0.15) is 25.5 Å². The predicted octanol–water partition coefficient (Wildman–Crippen LogP) is 0.107. The third-order valence-corrected chi connectivity index (χ3v) is 3.38. The van der Waals surface area contributed by atoms with Crippen molar-refractivity contribution in [3.8, 4) is 0 Å². The zero-order chi connectivity index (χ0) is 14.1. The molecule has 2 atom stereocenters. The zero-order valence-corrected chi connectivity index (χ0v) is 11.5. The van der Waals surface area contributed by atoms with Crippen molar-refractivity contribution in [2.45, 2.75) is 32.0 Å². The van der Waals surface area contributed by atoms with Crippen molar-refractivity contribution in [1.82, 2.24) is 14.7 Å². The van der Waals surface area contributed by atoms with Crippen LogP contribution in [0.25, 0.3) is 0 Å². The molecular formula is C10H15N3O5S. The third-order valence-electron chi connectivity index (χ3n) is 2.44. The normalized spacial score (nSPS) is 26.5. The average Bonchev–Trinajstić information content (AvgIpc) is 2.65. The van der Waals surface area contributed by atoms with Crippen LogP contribution in [0.5, 0.6) is 0 Å². The van der Waals surface area contributed by atoms with Gasteiger partial charge in [-0.15, -0.1) is 0 Å². The second kappa shape index (κ2) is 5.10. The van der Waals surface area contributed by atoms with E-state index in [1.54, 1.807) is 13.8 Å². The average molecular weight is 289 g/mol. The van der Waals surface area contributed by atoms with Crippen molar-refractivity contribution in [3.05, 3.63) is 24.3 Å². The Balaban J connectivity index is 2.25. The van der Waals surface area contributed by atoms with E-state index in [4.69, 9.17) is 13.7 Å². The maximum atomic E-state index is 11.4. The number of rotatable bonds is 4. The van der Waals surface area contributed by atoms with Gasteiger partial charge in [0.25, 0.3) is 0 Å². The SMILES string of the molecule is CNS(=O)(=O)OC1OC(C)(C)OC1c1cncnc1. The van der Waals surface area contributed by atoms with Gasteiger partial charge in [-0.25, -0.2) is 14.2 Å². The molecule has 2 unspecified atom stereocenters. The number of aromatic nitrogens is 2. The summed E-state index contributed by atoms with van der Waals surface area (Å²) in [5.41, 5.74) is 0.573. The Morgan fingerprint density at radius 1 is 1.32 bits per heavy atom. The molecule has 1 aliphatic heterocycles. The van der Waals surface area contributed by atoms with E-state index in [-0.39, 0.29) is 0 Å². The van der Waals surface area contributed by atoms with Crippen LogP contribution in [0.4, 0.5) is 0 Å². The van der Waals surface area contributed by atoms with Crippen LogP contribution in [0, 0.1) is 0 Å². The lowest BCUT2D eigenvalue weighted by atomic mass is 10.2. The maximum absolute atomic E-state index is 11.4. The van der Waals surface area contributed by atoms with Gasteiger partial charge in [-0.3, -0.25) is 0 Å². The summed E-state index contributed by atoms with van der Waals surface area (Å²) < 4.78 is 40.9. The highest BCUT2D eigenvalue weighted by Crippen LogP contribution is 2.38. The minimum Gasteiger partial charge on any atom is -0.337 e. The molecule has 9 heteroatoms. The van der Waals surface area contributed by atoms with Gasteiger partial charge in [-0.05, 0) is 13.8 Å². The van der Waals surface area contributed by atoms with Gasteiger partial charge in [0.05, 0.1) is 0 Å². The highest BCUT2D eigenvalue weighted by Gasteiger charge is 2.45. The van der Waals surface area contributed by atoms with Crippen molar-refractivity contribution in [2.24, 2.45) is 0 Å². The highest BCUT2D eigenvalue weighted by molar-refractivity contribution is 7.84. The van der Waals surface area contributed by atoms with E-state index in [2.05, 4.69) is 14.7 Å². The lowest BCUT2D eigenvalue weighted by Crippen LogP contribution is -2.31. The minimum atomic E-state index is -3.89. The van der Waals surface area contributed by atoms with E-state index < -0.39 is 28.5 Å². The predicted molar refractivity (Wildman–Crippen MR) is 63.9 cm³/mol. The van der Waals surface area contributed by atoms with E-state index in [1.165, 1.54) is 25.8 Å². The molecule has 1 saturated heterocycles. The summed E-state index contributed by atoms with van der Waals surface area (Å²) in [4.78, 5) is 7.72. The topological polar surface area (TPSA) is 99.6 Å². The summed E-state index contributed by atoms with van der Waals surface area (Å²) in [6.45, 7) is 3.33. The number of ether oxygens (including phenoxy) is 2. The smallest absolute Gasteiger partial charge is 0.337 e. The summed E-state index contributed by atoms with van der Waals surface area (Å²) in [6, 6.07) is 0. The van der Waals surface area contributed by atoms with Gasteiger partial charge >= 0.3 is 10.3 Å². The first-order valence-corrected chi connectivity index (χ1v) is 6.96. The van der Waals surface area contributed by atoms with E-state index in [1.807, 2.05) is 0 Å². The maximum Gasteiger partial charge on any atom is 0.338 e. The Bertz CT molecular complexity index is 533. The molecule has 0 bridgehead atoms. The largest absolute Gasteiger partial charge is 0.338 e. The third kappa shape index (κ3) is 3.45. The van der Waals surface area contributed by atoms with Crippen molar-refractivity contribution in [2.75, 3.05) is 7.05 Å². The first-order chi connectivity index (χ1) is 8.83. The number of nitrogens with zero attached hydrogens (tertiary/aromatic N) is 2. The summed E-state index contributed by atoms with van der Waals surface area (Å²) in [5.74, 6) is -0.964. The van der Waals surface area contributed by atoms with Gasteiger partial charge in [0.15, 0.2) is 5.79 Å². The standard InChI is InChI=1S/C10H15N3O5S/c1-10(2)16-8(7-4-12-6-13-5-7)9(17-10)18-19(14,15)11-3/h4-6,8-9,11H,1-3H3. The summed E-state index contributed by atoms with van der Waals surface area (Å²) in [5, 5.41) is 0. The Labute approximate surface area is 111 Å². The molecule has 0 saturated carbocycles. The Kier molecular flexibility index (Phi) is 3.83. The van der Waals surface area contributed by atoms with Crippen LogP contribution in [-0.2, 0) is 24.0 Å². The first kappa shape index (κ1) is 14.3. The summed E-state index contributed by atoms with van der Waals surface area (Å²) in [7, 11) is -2.64. The first-order valence-electron chi connectivity index (χ1n) is 5.55. The molecule has 0 amide bonds. The fourth-order valence-corrected chi connectivity index (χ4v) is 2.14. The molecule has 106 valence electrons. The van der Waals surface area contributed by atoms with Crippen molar-refractivity contribution < 1.29 is 22.1 Å². The highest BCUT2D eigenvalue weighted by atomic mass is 32.2. The molecule has 0 aliphatic carbocycles. The monoisotopic (exact) mass is 289 g/mol. The van der Waals surface area contributed by atoms with Crippen LogP contribution in [0.2, 0.25) is 0 Å². The van der Waals surface area contributed by atoms with E-state index >= 15 is 0 Å². The Morgan fingerprint density at radius 2 is 1.95 bits per heavy atom. The number of hydrogen-bond acceptors (Lipinski definition) is 7. The lowest BCUT2D eigenvalue weighted by Gasteiger charge is -2.16. The lowest BCUT2D eigenvalue weighted by molar-refractivity contribution is -0.167. The van der Waals surface area contributed by atoms with Gasteiger partial charge in [0, 0.05) is 25.0 Å². The van der Waals surface area contributed by atoms with Crippen LogP contribution < -0.4 is 4.72 Å². The quantitative estimate of drug-likeness (QED) is 0.839.